The van der Waals surface area contributed by atoms with Gasteiger partial charge in [-0.1, -0.05) is 11.6 Å². The molecule has 3 rings (SSSR count). The number of rotatable bonds is 3. The lowest BCUT2D eigenvalue weighted by molar-refractivity contribution is -0.158. The van der Waals surface area contributed by atoms with E-state index in [-0.39, 0.29) is 33.2 Å². The molecule has 2 heterocycles. The summed E-state index contributed by atoms with van der Waals surface area (Å²) < 4.78 is 59.9. The summed E-state index contributed by atoms with van der Waals surface area (Å²) >= 11 is 5.76. The fourth-order valence-corrected chi connectivity index (χ4v) is 2.74. The fraction of sp³-hybridized carbons (Fsp3) is 0.188. The van der Waals surface area contributed by atoms with Crippen LogP contribution in [0.15, 0.2) is 28.9 Å². The van der Waals surface area contributed by atoms with Gasteiger partial charge < -0.3 is 20.8 Å². The molecule has 1 aromatic carbocycles. The molecule has 0 bridgehead atoms. The summed E-state index contributed by atoms with van der Waals surface area (Å²) in [4.78, 5) is 19.2. The van der Waals surface area contributed by atoms with E-state index in [2.05, 4.69) is 15.3 Å². The first-order valence-corrected chi connectivity index (χ1v) is 8.04. The topological polar surface area (TPSA) is 106 Å². The van der Waals surface area contributed by atoms with Gasteiger partial charge in [0.2, 0.25) is 5.95 Å². The number of benzene rings is 1. The Morgan fingerprint density at radius 3 is 2.54 bits per heavy atom. The predicted molar refractivity (Wildman–Crippen MR) is 93.3 cm³/mol. The summed E-state index contributed by atoms with van der Waals surface area (Å²) in [5, 5.41) is 3.98. The Kier molecular flexibility index (Phi) is 5.02. The van der Waals surface area contributed by atoms with E-state index in [0.29, 0.717) is 0 Å². The molecule has 0 fully saturated rings. The lowest BCUT2D eigenvalue weighted by Gasteiger charge is -2.20. The standard InChI is InChI=1S/C16H12ClF4N5O2/c1-6-9-2-7(17)3-10(18)12(9)28-11(6)13(16(19,20)21)26-15(27)25-8-4-23-14(22)24-5-8/h2-5,13H,1H3,(H2,22,23,24)(H2,25,26,27)/t13-/m1/s1. The minimum absolute atomic E-state index is 0.00179. The maximum atomic E-state index is 14.0. The number of aryl methyl sites for hydroxylation is 1. The molecule has 2 amide bonds. The lowest BCUT2D eigenvalue weighted by atomic mass is 10.1. The largest absolute Gasteiger partial charge is 0.455 e. The summed E-state index contributed by atoms with van der Waals surface area (Å²) in [6.45, 7) is 1.31. The van der Waals surface area contributed by atoms with Crippen LogP contribution in [0, 0.1) is 12.7 Å². The van der Waals surface area contributed by atoms with Crippen LogP contribution in [-0.4, -0.2) is 22.2 Å². The number of alkyl halides is 3. The number of aromatic nitrogens is 2. The zero-order valence-corrected chi connectivity index (χ0v) is 14.8. The van der Waals surface area contributed by atoms with Crippen LogP contribution in [0.1, 0.15) is 17.4 Å². The third-order valence-electron chi connectivity index (χ3n) is 3.79. The summed E-state index contributed by atoms with van der Waals surface area (Å²) in [5.41, 5.74) is 4.92. The van der Waals surface area contributed by atoms with Crippen LogP contribution in [0.25, 0.3) is 11.0 Å². The number of furan rings is 1. The average Bonchev–Trinajstić information content (AvgIpc) is 2.91. The van der Waals surface area contributed by atoms with Crippen molar-refractivity contribution in [1.29, 1.82) is 0 Å². The molecule has 0 saturated heterocycles. The van der Waals surface area contributed by atoms with Gasteiger partial charge in [0, 0.05) is 16.0 Å². The fourth-order valence-electron chi connectivity index (χ4n) is 2.53. The van der Waals surface area contributed by atoms with Crippen molar-refractivity contribution in [2.45, 2.75) is 19.1 Å². The first-order valence-electron chi connectivity index (χ1n) is 7.66. The SMILES string of the molecule is Cc1c([C@@H](NC(=O)Nc2cnc(N)nc2)C(F)(F)F)oc2c(F)cc(Cl)cc12. The zero-order valence-electron chi connectivity index (χ0n) is 14.1. The molecule has 2 aromatic heterocycles. The number of hydrogen-bond acceptors (Lipinski definition) is 5. The maximum absolute atomic E-state index is 14.0. The maximum Gasteiger partial charge on any atom is 0.416 e. The molecule has 12 heteroatoms. The number of nitrogen functional groups attached to an aromatic ring is 1. The molecule has 0 aliphatic carbocycles. The molecule has 7 nitrogen and oxygen atoms in total. The van der Waals surface area contributed by atoms with E-state index in [9.17, 15) is 22.4 Å². The molecule has 0 aliphatic heterocycles. The van der Waals surface area contributed by atoms with Gasteiger partial charge in [-0.05, 0) is 19.1 Å². The molecule has 28 heavy (non-hydrogen) atoms. The molecule has 148 valence electrons. The number of carbonyl (C=O) groups excluding carboxylic acids is 1. The van der Waals surface area contributed by atoms with Gasteiger partial charge in [-0.3, -0.25) is 0 Å². The number of hydrogen-bond donors (Lipinski definition) is 3. The second kappa shape index (κ2) is 7.15. The Bertz CT molecular complexity index is 1040. The second-order valence-electron chi connectivity index (χ2n) is 5.76. The van der Waals surface area contributed by atoms with Crippen LogP contribution in [-0.2, 0) is 0 Å². The number of amides is 2. The van der Waals surface area contributed by atoms with Gasteiger partial charge in [0.15, 0.2) is 17.4 Å². The van der Waals surface area contributed by atoms with Crippen molar-refractivity contribution >= 4 is 40.2 Å². The molecule has 0 unspecified atom stereocenters. The molecule has 0 spiro atoms. The molecular formula is C16H12ClF4N5O2. The lowest BCUT2D eigenvalue weighted by Crippen LogP contribution is -2.40. The average molecular weight is 418 g/mol. The normalized spacial score (nSPS) is 12.8. The Morgan fingerprint density at radius 1 is 1.29 bits per heavy atom. The quantitative estimate of drug-likeness (QED) is 0.550. The molecule has 1 atom stereocenters. The number of fused-ring (bicyclic) bond motifs is 1. The number of nitrogens with zero attached hydrogens (tertiary/aromatic N) is 2. The van der Waals surface area contributed by atoms with Crippen LogP contribution in [0.3, 0.4) is 0 Å². The Balaban J connectivity index is 1.94. The van der Waals surface area contributed by atoms with E-state index in [1.807, 2.05) is 0 Å². The monoisotopic (exact) mass is 417 g/mol. The molecule has 4 N–H and O–H groups in total. The molecule has 0 aliphatic rings. The van der Waals surface area contributed by atoms with Crippen molar-refractivity contribution in [3.05, 3.63) is 46.7 Å². The third-order valence-corrected chi connectivity index (χ3v) is 4.01. The highest BCUT2D eigenvalue weighted by molar-refractivity contribution is 6.31. The van der Waals surface area contributed by atoms with Gasteiger partial charge in [-0.25, -0.2) is 19.2 Å². The van der Waals surface area contributed by atoms with Gasteiger partial charge in [-0.2, -0.15) is 13.2 Å². The number of halogens is 5. The molecule has 0 saturated carbocycles. The van der Waals surface area contributed by atoms with Crippen LogP contribution < -0.4 is 16.4 Å². The van der Waals surface area contributed by atoms with Crippen molar-refractivity contribution in [2.75, 3.05) is 11.1 Å². The van der Waals surface area contributed by atoms with Crippen molar-refractivity contribution in [3.8, 4) is 0 Å². The van der Waals surface area contributed by atoms with Crippen molar-refractivity contribution < 1.29 is 26.8 Å². The smallest absolute Gasteiger partial charge is 0.416 e. The number of urea groups is 1. The third kappa shape index (κ3) is 3.93. The zero-order chi connectivity index (χ0) is 20.6. The van der Waals surface area contributed by atoms with Crippen LogP contribution >= 0.6 is 11.6 Å². The van der Waals surface area contributed by atoms with E-state index >= 15 is 0 Å². The van der Waals surface area contributed by atoms with E-state index in [4.69, 9.17) is 21.8 Å². The van der Waals surface area contributed by atoms with Crippen molar-refractivity contribution in [2.24, 2.45) is 0 Å². The van der Waals surface area contributed by atoms with E-state index < -0.39 is 29.8 Å². The molecular weight excluding hydrogens is 406 g/mol. The summed E-state index contributed by atoms with van der Waals surface area (Å²) in [5.74, 6) is -1.65. The van der Waals surface area contributed by atoms with Gasteiger partial charge >= 0.3 is 12.2 Å². The first-order chi connectivity index (χ1) is 13.1. The summed E-state index contributed by atoms with van der Waals surface area (Å²) in [7, 11) is 0. The highest BCUT2D eigenvalue weighted by Crippen LogP contribution is 2.39. The van der Waals surface area contributed by atoms with E-state index in [0.717, 1.165) is 18.5 Å². The highest BCUT2D eigenvalue weighted by Gasteiger charge is 2.45. The number of anilines is 2. The van der Waals surface area contributed by atoms with Crippen molar-refractivity contribution in [1.82, 2.24) is 15.3 Å². The highest BCUT2D eigenvalue weighted by atomic mass is 35.5. The minimum atomic E-state index is -4.92. The predicted octanol–water partition coefficient (Wildman–Crippen LogP) is 4.33. The van der Waals surface area contributed by atoms with Crippen LogP contribution in [0.5, 0.6) is 0 Å². The second-order valence-corrected chi connectivity index (χ2v) is 6.20. The number of carbonyl (C=O) groups is 1. The first kappa shape index (κ1) is 19.7. The van der Waals surface area contributed by atoms with Gasteiger partial charge in [-0.15, -0.1) is 0 Å². The number of nitrogens with one attached hydrogen (secondary N) is 2. The molecule has 0 radical (unpaired) electrons. The summed E-state index contributed by atoms with van der Waals surface area (Å²) in [6.07, 6.45) is -2.68. The van der Waals surface area contributed by atoms with E-state index in [1.165, 1.54) is 13.0 Å². The van der Waals surface area contributed by atoms with Gasteiger partial charge in [0.05, 0.1) is 18.1 Å². The molecule has 3 aromatic rings. The Hall–Kier alpha value is -3.08. The number of nitrogens with two attached hydrogens (primary N) is 1. The van der Waals surface area contributed by atoms with Crippen LogP contribution in [0.4, 0.5) is 34.0 Å². The van der Waals surface area contributed by atoms with Crippen LogP contribution in [0.2, 0.25) is 5.02 Å². The van der Waals surface area contributed by atoms with E-state index in [1.54, 1.807) is 5.32 Å². The summed E-state index contributed by atoms with van der Waals surface area (Å²) in [6, 6.07) is -1.54. The van der Waals surface area contributed by atoms with Crippen molar-refractivity contribution in [3.63, 3.8) is 0 Å². The van der Waals surface area contributed by atoms with Gasteiger partial charge in [0.1, 0.15) is 5.76 Å². The Labute approximate surface area is 159 Å². The van der Waals surface area contributed by atoms with Gasteiger partial charge in [0.25, 0.3) is 0 Å². The minimum Gasteiger partial charge on any atom is -0.455 e. The Morgan fingerprint density at radius 2 is 1.93 bits per heavy atom.